The van der Waals surface area contributed by atoms with Gasteiger partial charge in [0.2, 0.25) is 17.7 Å². The van der Waals surface area contributed by atoms with Crippen molar-refractivity contribution in [3.05, 3.63) is 35.4 Å². The number of ether oxygens (including phenoxy) is 1. The molecule has 1 amide bonds. The second-order valence-electron chi connectivity index (χ2n) is 6.36. The number of carbonyl (C=O) groups is 1. The van der Waals surface area contributed by atoms with Gasteiger partial charge in [-0.05, 0) is 39.0 Å². The highest BCUT2D eigenvalue weighted by Crippen LogP contribution is 2.37. The molecule has 11 heteroatoms. The van der Waals surface area contributed by atoms with Gasteiger partial charge in [0, 0.05) is 5.69 Å². The Balaban J connectivity index is 2.78. The molecule has 1 aromatic carbocycles. The predicted octanol–water partition coefficient (Wildman–Crippen LogP) is 2.75. The number of anilines is 3. The summed E-state index contributed by atoms with van der Waals surface area (Å²) in [6.45, 7) is 4.75. The molecule has 1 aromatic heterocycles. The lowest BCUT2D eigenvalue weighted by Crippen LogP contribution is -2.41. The topological polar surface area (TPSA) is 131 Å². The Morgan fingerprint density at radius 2 is 1.93 bits per heavy atom. The van der Waals surface area contributed by atoms with Gasteiger partial charge in [-0.25, -0.2) is 0 Å². The fourth-order valence-corrected chi connectivity index (χ4v) is 2.51. The lowest BCUT2D eigenvalue weighted by Gasteiger charge is -2.30. The van der Waals surface area contributed by atoms with E-state index in [0.29, 0.717) is 0 Å². The highest BCUT2D eigenvalue weighted by Gasteiger charge is 2.33. The van der Waals surface area contributed by atoms with Crippen LogP contribution < -0.4 is 21.1 Å². The number of rotatable bonds is 6. The van der Waals surface area contributed by atoms with Crippen molar-refractivity contribution in [1.29, 1.82) is 5.26 Å². The SMILES string of the molecule is CC(C)Oc1nc(N)nc(N(c2cccc(C(F)(F)F)c2)[C@@H](C)C(N)=O)c1C#N. The summed E-state index contributed by atoms with van der Waals surface area (Å²) in [6, 6.07) is 4.90. The molecule has 0 aliphatic carbocycles. The normalized spacial score (nSPS) is 12.3. The van der Waals surface area contributed by atoms with Crippen LogP contribution in [-0.2, 0) is 11.0 Å². The summed E-state index contributed by atoms with van der Waals surface area (Å²) in [6.07, 6.45) is -4.99. The first kappa shape index (κ1) is 21.7. The average Bonchev–Trinajstić information content (AvgIpc) is 2.60. The van der Waals surface area contributed by atoms with Crippen LogP contribution in [0.4, 0.5) is 30.6 Å². The maximum absolute atomic E-state index is 13.2. The van der Waals surface area contributed by atoms with Gasteiger partial charge in [0.1, 0.15) is 12.1 Å². The van der Waals surface area contributed by atoms with E-state index in [0.717, 1.165) is 17.0 Å². The minimum absolute atomic E-state index is 0.0591. The molecular weight excluding hydrogens is 389 g/mol. The fraction of sp³-hybridized carbons (Fsp3) is 0.333. The number of alkyl halides is 3. The number of nitriles is 1. The smallest absolute Gasteiger partial charge is 0.416 e. The molecular formula is C18H19F3N6O2. The lowest BCUT2D eigenvalue weighted by molar-refractivity contribution is -0.137. The molecule has 0 fully saturated rings. The highest BCUT2D eigenvalue weighted by molar-refractivity contribution is 5.87. The van der Waals surface area contributed by atoms with Crippen LogP contribution >= 0.6 is 0 Å². The maximum Gasteiger partial charge on any atom is 0.416 e. The maximum atomic E-state index is 13.2. The van der Waals surface area contributed by atoms with Crippen LogP contribution in [0.15, 0.2) is 24.3 Å². The molecule has 0 saturated carbocycles. The Morgan fingerprint density at radius 3 is 2.45 bits per heavy atom. The quantitative estimate of drug-likeness (QED) is 0.751. The van der Waals surface area contributed by atoms with Gasteiger partial charge in [-0.3, -0.25) is 4.79 Å². The van der Waals surface area contributed by atoms with E-state index in [1.54, 1.807) is 13.8 Å². The number of halogens is 3. The largest absolute Gasteiger partial charge is 0.474 e. The summed E-state index contributed by atoms with van der Waals surface area (Å²) in [5.74, 6) is -1.49. The summed E-state index contributed by atoms with van der Waals surface area (Å²) in [5.41, 5.74) is 9.90. The third-order valence-corrected chi connectivity index (χ3v) is 3.81. The number of primary amides is 1. The third kappa shape index (κ3) is 4.84. The molecule has 154 valence electrons. The van der Waals surface area contributed by atoms with Crippen LogP contribution in [0.2, 0.25) is 0 Å². The van der Waals surface area contributed by atoms with E-state index in [-0.39, 0.29) is 35.0 Å². The highest BCUT2D eigenvalue weighted by atomic mass is 19.4. The number of benzene rings is 1. The summed E-state index contributed by atoms with van der Waals surface area (Å²) >= 11 is 0. The molecule has 0 bridgehead atoms. The second-order valence-corrected chi connectivity index (χ2v) is 6.36. The molecule has 0 radical (unpaired) electrons. The monoisotopic (exact) mass is 408 g/mol. The lowest BCUT2D eigenvalue weighted by atomic mass is 10.1. The number of carbonyl (C=O) groups excluding carboxylic acids is 1. The summed E-state index contributed by atoms with van der Waals surface area (Å²) in [5, 5.41) is 9.63. The Bertz CT molecular complexity index is 956. The van der Waals surface area contributed by atoms with E-state index in [1.165, 1.54) is 19.1 Å². The van der Waals surface area contributed by atoms with Crippen molar-refractivity contribution in [2.24, 2.45) is 5.73 Å². The van der Waals surface area contributed by atoms with Crippen LogP contribution in [-0.4, -0.2) is 28.0 Å². The van der Waals surface area contributed by atoms with E-state index >= 15 is 0 Å². The number of aromatic nitrogens is 2. The number of hydrogen-bond acceptors (Lipinski definition) is 7. The number of nitrogen functional groups attached to an aromatic ring is 1. The molecule has 2 aromatic rings. The molecule has 0 saturated heterocycles. The van der Waals surface area contributed by atoms with Crippen molar-refractivity contribution >= 4 is 23.4 Å². The summed E-state index contributed by atoms with van der Waals surface area (Å²) in [4.78, 5) is 20.9. The number of amides is 1. The third-order valence-electron chi connectivity index (χ3n) is 3.81. The Kier molecular flexibility index (Phi) is 6.16. The number of hydrogen-bond donors (Lipinski definition) is 2. The Labute approximate surface area is 164 Å². The van der Waals surface area contributed by atoms with Gasteiger partial charge in [-0.2, -0.15) is 28.4 Å². The second kappa shape index (κ2) is 8.22. The molecule has 0 spiro atoms. The zero-order valence-corrected chi connectivity index (χ0v) is 15.9. The molecule has 8 nitrogen and oxygen atoms in total. The zero-order valence-electron chi connectivity index (χ0n) is 15.9. The predicted molar refractivity (Wildman–Crippen MR) is 99.2 cm³/mol. The van der Waals surface area contributed by atoms with Gasteiger partial charge < -0.3 is 21.1 Å². The van der Waals surface area contributed by atoms with E-state index in [2.05, 4.69) is 9.97 Å². The van der Waals surface area contributed by atoms with Gasteiger partial charge in [0.25, 0.3) is 0 Å². The fourth-order valence-electron chi connectivity index (χ4n) is 2.51. The van der Waals surface area contributed by atoms with E-state index in [1.807, 2.05) is 6.07 Å². The molecule has 0 aliphatic rings. The Morgan fingerprint density at radius 1 is 1.28 bits per heavy atom. The number of nitrogens with two attached hydrogens (primary N) is 2. The van der Waals surface area contributed by atoms with Crippen LogP contribution in [0.1, 0.15) is 31.9 Å². The van der Waals surface area contributed by atoms with Gasteiger partial charge in [0.05, 0.1) is 11.7 Å². The molecule has 0 unspecified atom stereocenters. The first-order valence-corrected chi connectivity index (χ1v) is 8.45. The minimum Gasteiger partial charge on any atom is -0.474 e. The molecule has 1 atom stereocenters. The molecule has 29 heavy (non-hydrogen) atoms. The standard InChI is InChI=1S/C18H19F3N6O2/c1-9(2)29-16-13(8-22)15(25-17(24)26-16)27(10(3)14(23)28)12-6-4-5-11(7-12)18(19,20)21/h4-7,9-10H,1-3H3,(H2,23,28)(H2,24,25,26)/t10-/m0/s1. The van der Waals surface area contributed by atoms with Crippen molar-refractivity contribution in [3.63, 3.8) is 0 Å². The van der Waals surface area contributed by atoms with Gasteiger partial charge in [-0.15, -0.1) is 0 Å². The zero-order chi connectivity index (χ0) is 21.9. The van der Waals surface area contributed by atoms with Crippen molar-refractivity contribution < 1.29 is 22.7 Å². The van der Waals surface area contributed by atoms with Crippen LogP contribution in [0.5, 0.6) is 5.88 Å². The van der Waals surface area contributed by atoms with Gasteiger partial charge in [0.15, 0.2) is 11.4 Å². The van der Waals surface area contributed by atoms with Crippen LogP contribution in [0, 0.1) is 11.3 Å². The summed E-state index contributed by atoms with van der Waals surface area (Å²) in [7, 11) is 0. The van der Waals surface area contributed by atoms with Crippen molar-refractivity contribution in [3.8, 4) is 11.9 Å². The van der Waals surface area contributed by atoms with Crippen LogP contribution in [0.3, 0.4) is 0 Å². The molecule has 0 aliphatic heterocycles. The van der Waals surface area contributed by atoms with Gasteiger partial charge >= 0.3 is 6.18 Å². The molecule has 4 N–H and O–H groups in total. The summed E-state index contributed by atoms with van der Waals surface area (Å²) < 4.78 is 45.0. The van der Waals surface area contributed by atoms with Crippen molar-refractivity contribution in [2.75, 3.05) is 10.6 Å². The average molecular weight is 408 g/mol. The van der Waals surface area contributed by atoms with Crippen molar-refractivity contribution in [1.82, 2.24) is 9.97 Å². The van der Waals surface area contributed by atoms with Gasteiger partial charge in [-0.1, -0.05) is 6.07 Å². The van der Waals surface area contributed by atoms with Crippen LogP contribution in [0.25, 0.3) is 0 Å². The van der Waals surface area contributed by atoms with E-state index in [4.69, 9.17) is 16.2 Å². The van der Waals surface area contributed by atoms with Crippen molar-refractivity contribution in [2.45, 2.75) is 39.1 Å². The first-order chi connectivity index (χ1) is 13.5. The minimum atomic E-state index is -4.62. The molecule has 1 heterocycles. The number of nitrogens with zero attached hydrogens (tertiary/aromatic N) is 4. The molecule has 2 rings (SSSR count). The van der Waals surface area contributed by atoms with E-state index < -0.39 is 23.7 Å². The first-order valence-electron chi connectivity index (χ1n) is 8.45. The van der Waals surface area contributed by atoms with E-state index in [9.17, 15) is 23.2 Å². The Hall–Kier alpha value is -3.55.